The van der Waals surface area contributed by atoms with Crippen LogP contribution in [0.3, 0.4) is 0 Å². The van der Waals surface area contributed by atoms with E-state index in [1.54, 1.807) is 0 Å². The fourth-order valence-electron chi connectivity index (χ4n) is 7.04. The first kappa shape index (κ1) is 55.8. The minimum atomic E-state index is -4.37. The van der Waals surface area contributed by atoms with Crippen LogP contribution in [0.5, 0.6) is 0 Å². The Hall–Kier alpha value is -1.25. The molecule has 0 aliphatic rings. The van der Waals surface area contributed by atoms with Crippen LogP contribution in [-0.2, 0) is 32.7 Å². The van der Waals surface area contributed by atoms with E-state index < -0.39 is 26.5 Å². The van der Waals surface area contributed by atoms with Crippen LogP contribution in [0.1, 0.15) is 245 Å². The topological polar surface area (TPSA) is 134 Å². The lowest BCUT2D eigenvalue weighted by molar-refractivity contribution is -0.161. The molecular formula is C47H92NO8P. The number of phosphoric acid groups is 1. The normalized spacial score (nSPS) is 13.3. The van der Waals surface area contributed by atoms with Gasteiger partial charge in [0, 0.05) is 19.4 Å². The SMILES string of the molecule is CCCCCCCCCC/C=C\CCCCCCCCCCCCCC(=O)OC(COC(=O)CCCCCCCCCCCCCCC)COP(=O)(O)OCCN. The second kappa shape index (κ2) is 44.3. The Labute approximate surface area is 351 Å². The number of allylic oxidation sites excluding steroid dienone is 2. The van der Waals surface area contributed by atoms with Gasteiger partial charge in [0.25, 0.3) is 0 Å². The van der Waals surface area contributed by atoms with Gasteiger partial charge < -0.3 is 20.1 Å². The van der Waals surface area contributed by atoms with Crippen molar-refractivity contribution in [1.82, 2.24) is 0 Å². The van der Waals surface area contributed by atoms with Gasteiger partial charge in [-0.15, -0.1) is 0 Å². The van der Waals surface area contributed by atoms with Crippen LogP contribution in [0.2, 0.25) is 0 Å². The van der Waals surface area contributed by atoms with Gasteiger partial charge in [-0.25, -0.2) is 4.57 Å². The van der Waals surface area contributed by atoms with Gasteiger partial charge in [-0.3, -0.25) is 18.6 Å². The molecule has 57 heavy (non-hydrogen) atoms. The standard InChI is InChI=1S/C47H92NO8P/c1-3-5-7-9-11-13-15-17-18-19-20-21-22-23-24-25-26-28-30-32-34-36-38-40-47(50)56-45(44-55-57(51,52)54-42-41-48)43-53-46(49)39-37-35-33-31-29-27-16-14-12-10-8-6-4-2/h19-20,45H,3-18,21-44,48H2,1-2H3,(H,51,52)/b20-19-. The molecule has 2 unspecified atom stereocenters. The molecule has 2 atom stereocenters. The van der Waals surface area contributed by atoms with Crippen molar-refractivity contribution in [3.63, 3.8) is 0 Å². The molecule has 0 aromatic rings. The number of nitrogens with two attached hydrogens (primary N) is 1. The van der Waals surface area contributed by atoms with Crippen molar-refractivity contribution in [1.29, 1.82) is 0 Å². The van der Waals surface area contributed by atoms with Crippen LogP contribution < -0.4 is 5.73 Å². The molecule has 0 radical (unpaired) electrons. The summed E-state index contributed by atoms with van der Waals surface area (Å²) in [7, 11) is -4.37. The predicted molar refractivity (Wildman–Crippen MR) is 238 cm³/mol. The summed E-state index contributed by atoms with van der Waals surface area (Å²) in [5.41, 5.74) is 5.36. The van der Waals surface area contributed by atoms with E-state index in [4.69, 9.17) is 24.3 Å². The highest BCUT2D eigenvalue weighted by atomic mass is 31.2. The summed E-state index contributed by atoms with van der Waals surface area (Å²) in [6.07, 6.45) is 46.8. The van der Waals surface area contributed by atoms with Gasteiger partial charge >= 0.3 is 19.8 Å². The van der Waals surface area contributed by atoms with Gasteiger partial charge in [-0.1, -0.05) is 206 Å². The summed E-state index contributed by atoms with van der Waals surface area (Å²) < 4.78 is 32.8. The number of ether oxygens (including phenoxy) is 2. The minimum absolute atomic E-state index is 0.0564. The maximum Gasteiger partial charge on any atom is 0.472 e. The zero-order valence-corrected chi connectivity index (χ0v) is 38.2. The largest absolute Gasteiger partial charge is 0.472 e. The first-order chi connectivity index (χ1) is 27.8. The van der Waals surface area contributed by atoms with Crippen molar-refractivity contribution in [2.75, 3.05) is 26.4 Å². The number of hydrogen-bond acceptors (Lipinski definition) is 8. The average molecular weight is 830 g/mol. The highest BCUT2D eigenvalue weighted by molar-refractivity contribution is 7.47. The van der Waals surface area contributed by atoms with E-state index in [9.17, 15) is 19.0 Å². The smallest absolute Gasteiger partial charge is 0.462 e. The van der Waals surface area contributed by atoms with Gasteiger partial charge in [0.05, 0.1) is 13.2 Å². The third-order valence-electron chi connectivity index (χ3n) is 10.7. The fourth-order valence-corrected chi connectivity index (χ4v) is 7.81. The Morgan fingerprint density at radius 2 is 0.860 bits per heavy atom. The average Bonchev–Trinajstić information content (AvgIpc) is 3.20. The molecule has 0 aromatic carbocycles. The zero-order chi connectivity index (χ0) is 41.8. The molecule has 0 saturated carbocycles. The van der Waals surface area contributed by atoms with Gasteiger partial charge in [0.2, 0.25) is 0 Å². The highest BCUT2D eigenvalue weighted by Crippen LogP contribution is 2.43. The summed E-state index contributed by atoms with van der Waals surface area (Å²) in [6, 6.07) is 0. The van der Waals surface area contributed by atoms with Crippen molar-refractivity contribution in [2.45, 2.75) is 251 Å². The number of unbranched alkanes of at least 4 members (excludes halogenated alkanes) is 31. The fraction of sp³-hybridized carbons (Fsp3) is 0.915. The number of hydrogen-bond donors (Lipinski definition) is 2. The Bertz CT molecular complexity index is 948. The van der Waals surface area contributed by atoms with E-state index in [1.807, 2.05) is 0 Å². The van der Waals surface area contributed by atoms with Gasteiger partial charge in [0.15, 0.2) is 6.10 Å². The van der Waals surface area contributed by atoms with Crippen molar-refractivity contribution < 1.29 is 37.6 Å². The van der Waals surface area contributed by atoms with Crippen LogP contribution in [0.25, 0.3) is 0 Å². The first-order valence-electron chi connectivity index (χ1n) is 24.2. The monoisotopic (exact) mass is 830 g/mol. The molecule has 10 heteroatoms. The highest BCUT2D eigenvalue weighted by Gasteiger charge is 2.26. The molecule has 0 aliphatic heterocycles. The summed E-state index contributed by atoms with van der Waals surface area (Å²) >= 11 is 0. The van der Waals surface area contributed by atoms with Crippen molar-refractivity contribution >= 4 is 19.8 Å². The van der Waals surface area contributed by atoms with E-state index in [0.29, 0.717) is 6.42 Å². The van der Waals surface area contributed by atoms with Gasteiger partial charge in [0.1, 0.15) is 6.61 Å². The van der Waals surface area contributed by atoms with E-state index in [2.05, 4.69) is 26.0 Å². The van der Waals surface area contributed by atoms with E-state index in [0.717, 1.165) is 32.1 Å². The third kappa shape index (κ3) is 44.1. The summed E-state index contributed by atoms with van der Waals surface area (Å²) in [5, 5.41) is 0. The second-order valence-corrected chi connectivity index (χ2v) is 17.8. The predicted octanol–water partition coefficient (Wildman–Crippen LogP) is 14.2. The molecule has 0 fully saturated rings. The van der Waals surface area contributed by atoms with Crippen molar-refractivity contribution in [2.24, 2.45) is 5.73 Å². The van der Waals surface area contributed by atoms with Gasteiger partial charge in [-0.05, 0) is 38.5 Å². The van der Waals surface area contributed by atoms with E-state index >= 15 is 0 Å². The Morgan fingerprint density at radius 3 is 1.25 bits per heavy atom. The molecule has 0 aliphatic carbocycles. The molecule has 0 heterocycles. The molecule has 0 amide bonds. The molecule has 3 N–H and O–H groups in total. The molecule has 338 valence electrons. The number of carbonyl (C=O) groups is 2. The van der Waals surface area contributed by atoms with Crippen LogP contribution in [0.4, 0.5) is 0 Å². The molecule has 0 aromatic heterocycles. The lowest BCUT2D eigenvalue weighted by Gasteiger charge is -2.19. The minimum Gasteiger partial charge on any atom is -0.462 e. The van der Waals surface area contributed by atoms with Crippen LogP contribution in [-0.4, -0.2) is 49.3 Å². The molecule has 9 nitrogen and oxygen atoms in total. The molecular weight excluding hydrogens is 737 g/mol. The van der Waals surface area contributed by atoms with Crippen LogP contribution in [0, 0.1) is 0 Å². The second-order valence-electron chi connectivity index (χ2n) is 16.3. The maximum atomic E-state index is 12.6. The molecule has 0 bridgehead atoms. The number of rotatable bonds is 46. The van der Waals surface area contributed by atoms with Crippen LogP contribution >= 0.6 is 7.82 Å². The van der Waals surface area contributed by atoms with Crippen molar-refractivity contribution in [3.8, 4) is 0 Å². The lowest BCUT2D eigenvalue weighted by Crippen LogP contribution is -2.29. The zero-order valence-electron chi connectivity index (χ0n) is 37.3. The Morgan fingerprint density at radius 1 is 0.509 bits per heavy atom. The molecule has 0 saturated heterocycles. The molecule has 0 spiro atoms. The summed E-state index contributed by atoms with van der Waals surface area (Å²) in [6.45, 7) is 3.77. The summed E-state index contributed by atoms with van der Waals surface area (Å²) in [5.74, 6) is -0.816. The van der Waals surface area contributed by atoms with Crippen LogP contribution in [0.15, 0.2) is 12.2 Å². The Balaban J connectivity index is 4.01. The van der Waals surface area contributed by atoms with Crippen molar-refractivity contribution in [3.05, 3.63) is 12.2 Å². The Kier molecular flexibility index (Phi) is 43.3. The first-order valence-corrected chi connectivity index (χ1v) is 25.7. The maximum absolute atomic E-state index is 12.6. The number of esters is 2. The van der Waals surface area contributed by atoms with Gasteiger partial charge in [-0.2, -0.15) is 0 Å². The number of carbonyl (C=O) groups excluding carboxylic acids is 2. The third-order valence-corrected chi connectivity index (χ3v) is 11.6. The van der Waals surface area contributed by atoms with E-state index in [1.165, 1.54) is 180 Å². The molecule has 0 rings (SSSR count). The van der Waals surface area contributed by atoms with E-state index in [-0.39, 0.29) is 38.6 Å². The summed E-state index contributed by atoms with van der Waals surface area (Å²) in [4.78, 5) is 34.9. The lowest BCUT2D eigenvalue weighted by atomic mass is 10.0. The quantitative estimate of drug-likeness (QED) is 0.0266. The number of phosphoric ester groups is 1.